The van der Waals surface area contributed by atoms with Crippen molar-refractivity contribution in [1.82, 2.24) is 5.32 Å². The van der Waals surface area contributed by atoms with Gasteiger partial charge >= 0.3 is 5.97 Å². The lowest BCUT2D eigenvalue weighted by Crippen LogP contribution is -2.43. The molecule has 0 aliphatic heterocycles. The Balaban J connectivity index is 1.73. The van der Waals surface area contributed by atoms with Gasteiger partial charge in [-0.05, 0) is 36.3 Å². The van der Waals surface area contributed by atoms with Gasteiger partial charge in [0.05, 0.1) is 0 Å². The molecule has 0 saturated heterocycles. The zero-order valence-electron chi connectivity index (χ0n) is 15.4. The fourth-order valence-electron chi connectivity index (χ4n) is 3.19. The maximum atomic E-state index is 11.9. The molecule has 5 heteroatoms. The highest BCUT2D eigenvalue weighted by Crippen LogP contribution is 2.26. The van der Waals surface area contributed by atoms with E-state index in [1.807, 2.05) is 24.3 Å². The first-order chi connectivity index (χ1) is 12.0. The van der Waals surface area contributed by atoms with Crippen molar-refractivity contribution in [3.05, 3.63) is 29.8 Å². The Kier molecular flexibility index (Phi) is 7.29. The fourth-order valence-corrected chi connectivity index (χ4v) is 3.19. The Morgan fingerprint density at radius 2 is 1.88 bits per heavy atom. The monoisotopic (exact) mass is 347 g/mol. The lowest BCUT2D eigenvalue weighted by molar-refractivity contribution is -0.150. The first kappa shape index (κ1) is 19.3. The first-order valence-corrected chi connectivity index (χ1v) is 9.14. The average Bonchev–Trinajstić information content (AvgIpc) is 2.60. The molecule has 5 nitrogen and oxygen atoms in total. The second-order valence-electron chi connectivity index (χ2n) is 7.08. The molecular formula is C20H29NO4. The van der Waals surface area contributed by atoms with Crippen LogP contribution in [0.5, 0.6) is 5.75 Å². The van der Waals surface area contributed by atoms with E-state index in [-0.39, 0.29) is 25.2 Å². The van der Waals surface area contributed by atoms with E-state index >= 15 is 0 Å². The third-order valence-electron chi connectivity index (χ3n) is 4.71. The molecule has 1 amide bonds. The van der Waals surface area contributed by atoms with Crippen molar-refractivity contribution in [2.45, 2.75) is 58.4 Å². The van der Waals surface area contributed by atoms with Gasteiger partial charge in [-0.15, -0.1) is 0 Å². The van der Waals surface area contributed by atoms with E-state index in [9.17, 15) is 9.59 Å². The van der Waals surface area contributed by atoms with Gasteiger partial charge in [0.1, 0.15) is 5.75 Å². The van der Waals surface area contributed by atoms with Crippen LogP contribution >= 0.6 is 0 Å². The molecule has 2 rings (SSSR count). The van der Waals surface area contributed by atoms with Crippen LogP contribution in [0.15, 0.2) is 24.3 Å². The summed E-state index contributed by atoms with van der Waals surface area (Å²) in [5.41, 5.74) is 1.04. The summed E-state index contributed by atoms with van der Waals surface area (Å²) < 4.78 is 10.6. The molecule has 0 radical (unpaired) electrons. The number of amides is 1. The lowest BCUT2D eigenvalue weighted by Gasteiger charge is -2.29. The summed E-state index contributed by atoms with van der Waals surface area (Å²) in [5, 5.41) is 2.96. The molecule has 138 valence electrons. The van der Waals surface area contributed by atoms with E-state index in [0.717, 1.165) is 24.8 Å². The maximum absolute atomic E-state index is 11.9. The Hall–Kier alpha value is -2.04. The number of carbonyl (C=O) groups excluding carboxylic acids is 2. The predicted molar refractivity (Wildman–Crippen MR) is 96.5 cm³/mol. The number of benzene rings is 1. The van der Waals surface area contributed by atoms with Crippen molar-refractivity contribution < 1.29 is 19.1 Å². The summed E-state index contributed by atoms with van der Waals surface area (Å²) in [4.78, 5) is 23.8. The molecule has 0 unspecified atom stereocenters. The second kappa shape index (κ2) is 9.44. The van der Waals surface area contributed by atoms with Crippen LogP contribution in [-0.2, 0) is 14.3 Å². The standard InChI is InChI=1S/C20H29NO4/c1-14(2)16-9-5-7-11-18(16)24-13-20(23)25-12-19(22)21-17-10-6-4-8-15(17)3/h5,7,9,11,14-15,17H,4,6,8,10,12-13H2,1-3H3,(H,21,22)/t15-,17+/m0/s1. The van der Waals surface area contributed by atoms with Gasteiger partial charge in [-0.3, -0.25) is 4.79 Å². The molecule has 1 aromatic carbocycles. The summed E-state index contributed by atoms with van der Waals surface area (Å²) >= 11 is 0. The predicted octanol–water partition coefficient (Wildman–Crippen LogP) is 3.43. The van der Waals surface area contributed by atoms with Crippen molar-refractivity contribution in [3.8, 4) is 5.75 Å². The second-order valence-corrected chi connectivity index (χ2v) is 7.08. The topological polar surface area (TPSA) is 64.6 Å². The summed E-state index contributed by atoms with van der Waals surface area (Å²) in [7, 11) is 0. The minimum atomic E-state index is -0.537. The molecule has 0 bridgehead atoms. The molecule has 2 atom stereocenters. The minimum Gasteiger partial charge on any atom is -0.482 e. The molecular weight excluding hydrogens is 318 g/mol. The zero-order valence-corrected chi connectivity index (χ0v) is 15.4. The van der Waals surface area contributed by atoms with Crippen molar-refractivity contribution in [2.24, 2.45) is 5.92 Å². The summed E-state index contributed by atoms with van der Waals surface area (Å²) in [6, 6.07) is 7.81. The van der Waals surface area contributed by atoms with Crippen molar-refractivity contribution in [2.75, 3.05) is 13.2 Å². The Bertz CT molecular complexity index is 585. The normalized spacial score (nSPS) is 20.2. The van der Waals surface area contributed by atoms with Crippen LogP contribution in [0.25, 0.3) is 0 Å². The Labute approximate surface area is 150 Å². The number of rotatable bonds is 7. The number of hydrogen-bond acceptors (Lipinski definition) is 4. The number of carbonyl (C=O) groups is 2. The van der Waals surface area contributed by atoms with E-state index in [2.05, 4.69) is 26.1 Å². The molecule has 0 aromatic heterocycles. The first-order valence-electron chi connectivity index (χ1n) is 9.14. The number of ether oxygens (including phenoxy) is 2. The van der Waals surface area contributed by atoms with Gasteiger partial charge in [-0.2, -0.15) is 0 Å². The highest BCUT2D eigenvalue weighted by molar-refractivity contribution is 5.81. The Morgan fingerprint density at radius 3 is 2.60 bits per heavy atom. The largest absolute Gasteiger partial charge is 0.482 e. The molecule has 25 heavy (non-hydrogen) atoms. The van der Waals surface area contributed by atoms with E-state index in [4.69, 9.17) is 9.47 Å². The van der Waals surface area contributed by atoms with E-state index in [0.29, 0.717) is 17.6 Å². The number of hydrogen-bond donors (Lipinski definition) is 1. The van der Waals surface area contributed by atoms with Crippen LogP contribution in [0.1, 0.15) is 57.9 Å². The third kappa shape index (κ3) is 6.07. The average molecular weight is 347 g/mol. The summed E-state index contributed by atoms with van der Waals surface area (Å²) in [6.07, 6.45) is 4.49. The molecule has 1 aromatic rings. The van der Waals surface area contributed by atoms with Gasteiger partial charge in [0.15, 0.2) is 13.2 Å². The van der Waals surface area contributed by atoms with E-state index < -0.39 is 5.97 Å². The van der Waals surface area contributed by atoms with E-state index in [1.54, 1.807) is 0 Å². The third-order valence-corrected chi connectivity index (χ3v) is 4.71. The number of para-hydroxylation sites is 1. The van der Waals surface area contributed by atoms with Gasteiger partial charge in [-0.25, -0.2) is 4.79 Å². The molecule has 1 saturated carbocycles. The molecule has 0 heterocycles. The zero-order chi connectivity index (χ0) is 18.2. The van der Waals surface area contributed by atoms with Gasteiger partial charge < -0.3 is 14.8 Å². The lowest BCUT2D eigenvalue weighted by atomic mass is 9.86. The van der Waals surface area contributed by atoms with Crippen LogP contribution in [0.3, 0.4) is 0 Å². The van der Waals surface area contributed by atoms with Crippen molar-refractivity contribution in [1.29, 1.82) is 0 Å². The van der Waals surface area contributed by atoms with Crippen LogP contribution < -0.4 is 10.1 Å². The number of nitrogens with one attached hydrogen (secondary N) is 1. The van der Waals surface area contributed by atoms with Crippen molar-refractivity contribution >= 4 is 11.9 Å². The fraction of sp³-hybridized carbons (Fsp3) is 0.600. The number of esters is 1. The minimum absolute atomic E-state index is 0.189. The Morgan fingerprint density at radius 1 is 1.16 bits per heavy atom. The van der Waals surface area contributed by atoms with Gasteiger partial charge in [-0.1, -0.05) is 51.8 Å². The van der Waals surface area contributed by atoms with E-state index in [1.165, 1.54) is 6.42 Å². The highest BCUT2D eigenvalue weighted by atomic mass is 16.6. The summed E-state index contributed by atoms with van der Waals surface area (Å²) in [6.45, 7) is 5.83. The van der Waals surface area contributed by atoms with Crippen LogP contribution in [0, 0.1) is 5.92 Å². The summed E-state index contributed by atoms with van der Waals surface area (Å²) in [5.74, 6) is 0.676. The molecule has 1 fully saturated rings. The highest BCUT2D eigenvalue weighted by Gasteiger charge is 2.23. The molecule has 1 N–H and O–H groups in total. The van der Waals surface area contributed by atoms with Crippen molar-refractivity contribution in [3.63, 3.8) is 0 Å². The SMILES string of the molecule is CC(C)c1ccccc1OCC(=O)OCC(=O)N[C@@H]1CCCC[C@@H]1C. The quantitative estimate of drug-likeness (QED) is 0.768. The smallest absolute Gasteiger partial charge is 0.344 e. The van der Waals surface area contributed by atoms with Crippen LogP contribution in [0.4, 0.5) is 0 Å². The van der Waals surface area contributed by atoms with Gasteiger partial charge in [0.25, 0.3) is 5.91 Å². The van der Waals surface area contributed by atoms with Crippen LogP contribution in [-0.4, -0.2) is 31.1 Å². The molecule has 0 spiro atoms. The van der Waals surface area contributed by atoms with Gasteiger partial charge in [0.2, 0.25) is 0 Å². The molecule has 1 aliphatic carbocycles. The maximum Gasteiger partial charge on any atom is 0.344 e. The van der Waals surface area contributed by atoms with Crippen LogP contribution in [0.2, 0.25) is 0 Å². The van der Waals surface area contributed by atoms with Gasteiger partial charge in [0, 0.05) is 6.04 Å². The molecule has 1 aliphatic rings.